The van der Waals surface area contributed by atoms with Crippen LogP contribution < -0.4 is 0 Å². The van der Waals surface area contributed by atoms with Gasteiger partial charge in [0, 0.05) is 27.3 Å². The molecule has 90 valence electrons. The molecular weight excluding hydrogens is 447 g/mol. The van der Waals surface area contributed by atoms with Gasteiger partial charge in [-0.3, -0.25) is 4.55 Å². The van der Waals surface area contributed by atoms with Crippen molar-refractivity contribution in [2.75, 3.05) is 0 Å². The largest absolute Gasteiger partial charge is 0.478 e. The first kappa shape index (κ1) is 16.0. The van der Waals surface area contributed by atoms with Crippen LogP contribution in [0.2, 0.25) is 0 Å². The second-order valence-corrected chi connectivity index (χ2v) is 4.15. The molecule has 17 heavy (non-hydrogen) atoms. The number of hydrogen-bond donors (Lipinski definition) is 3. The number of carboxylic acid groups (broad SMARTS) is 2. The fourth-order valence-corrected chi connectivity index (χ4v) is 1.85. The van der Waals surface area contributed by atoms with Crippen molar-refractivity contribution in [2.45, 2.75) is 4.90 Å². The minimum Gasteiger partial charge on any atom is -0.478 e. The number of hydrogen-bond acceptors (Lipinski definition) is 4. The fourth-order valence-electron chi connectivity index (χ4n) is 1.14. The summed E-state index contributed by atoms with van der Waals surface area (Å²) in [6.45, 7) is 0. The summed E-state index contributed by atoms with van der Waals surface area (Å²) in [6, 6.07) is 2.77. The molecule has 0 saturated heterocycles. The molecule has 0 aliphatic rings. The predicted octanol–water partition coefficient (Wildman–Crippen LogP) is -0.0511. The maximum atomic E-state index is 10.8. The number of carboxylic acids is 2. The number of rotatable bonds is 3. The summed E-state index contributed by atoms with van der Waals surface area (Å²) >= 11 is 0. The molecule has 0 aliphatic carbocycles. The zero-order chi connectivity index (χ0) is 12.5. The molecule has 0 aromatic heterocycles. The Labute approximate surface area is 116 Å². The third kappa shape index (κ3) is 3.47. The van der Waals surface area contributed by atoms with Gasteiger partial charge in [-0.2, -0.15) is 8.42 Å². The second kappa shape index (κ2) is 5.55. The fraction of sp³-hybridized carbons (Fsp3) is 0. The monoisotopic (exact) mass is 454 g/mol. The Bertz CT molecular complexity index is 563. The van der Waals surface area contributed by atoms with Crippen molar-refractivity contribution in [1.29, 1.82) is 0 Å². The summed E-state index contributed by atoms with van der Waals surface area (Å²) < 4.78 is 30.4. The minimum absolute atomic E-state index is 0. The number of carbonyl (C=O) groups is 2. The van der Waals surface area contributed by atoms with E-state index in [1.54, 1.807) is 0 Å². The van der Waals surface area contributed by atoms with E-state index in [0.29, 0.717) is 0 Å². The van der Waals surface area contributed by atoms with Crippen molar-refractivity contribution in [3.05, 3.63) is 29.3 Å². The van der Waals surface area contributed by atoms with Gasteiger partial charge in [0.25, 0.3) is 10.1 Å². The molecule has 0 aliphatic heterocycles. The average Bonchev–Trinajstić information content (AvgIpc) is 2.14. The molecule has 9 heteroatoms. The van der Waals surface area contributed by atoms with Gasteiger partial charge in [0.1, 0.15) is 4.90 Å². The van der Waals surface area contributed by atoms with E-state index >= 15 is 0 Å². The summed E-state index contributed by atoms with van der Waals surface area (Å²) in [4.78, 5) is 20.5. The van der Waals surface area contributed by atoms with Gasteiger partial charge in [0.2, 0.25) is 0 Å². The van der Waals surface area contributed by atoms with Gasteiger partial charge in [-0.25, -0.2) is 9.59 Å². The van der Waals surface area contributed by atoms with Crippen LogP contribution in [0.1, 0.15) is 20.7 Å². The quantitative estimate of drug-likeness (QED) is 0.432. The summed E-state index contributed by atoms with van der Waals surface area (Å²) in [5.41, 5.74) is -1.67. The van der Waals surface area contributed by atoms with Crippen molar-refractivity contribution in [2.24, 2.45) is 0 Å². The summed E-state index contributed by atoms with van der Waals surface area (Å²) in [5.74, 6) is -3.34. The van der Waals surface area contributed by atoms with E-state index in [4.69, 9.17) is 14.8 Å². The average molecular weight is 453 g/mol. The molecule has 7 nitrogen and oxygen atoms in total. The zero-order valence-electron chi connectivity index (χ0n) is 8.11. The first-order chi connectivity index (χ1) is 7.25. The number of aromatic carboxylic acids is 2. The van der Waals surface area contributed by atoms with Crippen LogP contribution in [0.15, 0.2) is 23.1 Å². The molecule has 0 spiro atoms. The molecule has 3 N–H and O–H groups in total. The van der Waals surface area contributed by atoms with Gasteiger partial charge in [0.05, 0.1) is 11.1 Å². The molecule has 4 radical (unpaired) electrons. The molecule has 0 heterocycles. The van der Waals surface area contributed by atoms with Crippen LogP contribution in [-0.4, -0.2) is 62.4 Å². The van der Waals surface area contributed by atoms with Crippen molar-refractivity contribution in [3.8, 4) is 0 Å². The van der Waals surface area contributed by atoms with Crippen molar-refractivity contribution in [3.63, 3.8) is 0 Å². The Kier molecular flexibility index (Phi) is 5.22. The Morgan fingerprint density at radius 3 is 1.94 bits per heavy atom. The van der Waals surface area contributed by atoms with Gasteiger partial charge in [-0.1, -0.05) is 6.07 Å². The van der Waals surface area contributed by atoms with E-state index in [9.17, 15) is 18.0 Å². The Morgan fingerprint density at radius 1 is 1.06 bits per heavy atom. The molecule has 0 bridgehead atoms. The van der Waals surface area contributed by atoms with Crippen LogP contribution in [0.3, 0.4) is 0 Å². The van der Waals surface area contributed by atoms with Crippen LogP contribution in [-0.2, 0) is 10.1 Å². The van der Waals surface area contributed by atoms with Crippen molar-refractivity contribution >= 4 is 49.4 Å². The molecule has 1 aromatic rings. The summed E-state index contributed by atoms with van der Waals surface area (Å²) in [7, 11) is -4.78. The smallest absolute Gasteiger partial charge is 0.338 e. The summed E-state index contributed by atoms with van der Waals surface area (Å²) in [6.07, 6.45) is 0. The standard InChI is InChI=1S/C8H6O7S.Pb/c9-7(10)4-2-1-3-5(16(13,14)15)6(4)8(11)12;/h1-3H,(H,9,10)(H,11,12)(H,13,14,15);. The molecule has 0 atom stereocenters. The molecule has 0 amide bonds. The maximum Gasteiger partial charge on any atom is 0.338 e. The van der Waals surface area contributed by atoms with Crippen LogP contribution in [0.4, 0.5) is 0 Å². The Balaban J connectivity index is 0.00000256. The van der Waals surface area contributed by atoms with E-state index in [1.807, 2.05) is 0 Å². The van der Waals surface area contributed by atoms with Crippen LogP contribution in [0.25, 0.3) is 0 Å². The topological polar surface area (TPSA) is 129 Å². The first-order valence-electron chi connectivity index (χ1n) is 3.82. The van der Waals surface area contributed by atoms with E-state index in [2.05, 4.69) is 0 Å². The molecule has 0 unspecified atom stereocenters. The van der Waals surface area contributed by atoms with Gasteiger partial charge < -0.3 is 10.2 Å². The van der Waals surface area contributed by atoms with Gasteiger partial charge in [0.15, 0.2) is 0 Å². The maximum absolute atomic E-state index is 10.8. The van der Waals surface area contributed by atoms with E-state index in [0.717, 1.165) is 18.2 Å². The van der Waals surface area contributed by atoms with Crippen LogP contribution in [0, 0.1) is 0 Å². The molecule has 1 aromatic carbocycles. The molecule has 1 rings (SSSR count). The Morgan fingerprint density at radius 2 is 1.59 bits per heavy atom. The second-order valence-electron chi connectivity index (χ2n) is 2.76. The van der Waals surface area contributed by atoms with Crippen LogP contribution >= 0.6 is 0 Å². The van der Waals surface area contributed by atoms with Gasteiger partial charge >= 0.3 is 11.9 Å². The SMILES string of the molecule is O=C(O)c1cccc(S(=O)(=O)O)c1C(=O)O.[Pb]. The predicted molar refractivity (Wildman–Crippen MR) is 55.9 cm³/mol. The third-order valence-electron chi connectivity index (χ3n) is 1.75. The van der Waals surface area contributed by atoms with E-state index < -0.39 is 38.1 Å². The molecule has 0 saturated carbocycles. The summed E-state index contributed by atoms with van der Waals surface area (Å²) in [5, 5.41) is 17.4. The van der Waals surface area contributed by atoms with Crippen molar-refractivity contribution < 1.29 is 32.8 Å². The third-order valence-corrected chi connectivity index (χ3v) is 2.64. The van der Waals surface area contributed by atoms with Gasteiger partial charge in [-0.15, -0.1) is 0 Å². The molecule has 0 fully saturated rings. The number of benzene rings is 1. The normalized spacial score (nSPS) is 10.4. The van der Waals surface area contributed by atoms with E-state index in [-0.39, 0.29) is 27.3 Å². The Hall–Kier alpha value is -1.01. The van der Waals surface area contributed by atoms with E-state index in [1.165, 1.54) is 0 Å². The molecular formula is C8H6O7PbS. The van der Waals surface area contributed by atoms with Crippen LogP contribution in [0.5, 0.6) is 0 Å². The zero-order valence-corrected chi connectivity index (χ0v) is 12.8. The van der Waals surface area contributed by atoms with Gasteiger partial charge in [-0.05, 0) is 12.1 Å². The first-order valence-corrected chi connectivity index (χ1v) is 5.26. The van der Waals surface area contributed by atoms with Crippen molar-refractivity contribution in [1.82, 2.24) is 0 Å². The minimum atomic E-state index is -4.78.